The SMILES string of the molecule is O=C1CCc2cccc(O)c2C12CCC2. The van der Waals surface area contributed by atoms with Crippen LogP contribution in [0.25, 0.3) is 0 Å². The van der Waals surface area contributed by atoms with E-state index in [1.165, 1.54) is 5.56 Å². The Labute approximate surface area is 88.9 Å². The Bertz CT molecular complexity index is 430. The van der Waals surface area contributed by atoms with E-state index < -0.39 is 0 Å². The molecule has 2 aliphatic rings. The zero-order valence-electron chi connectivity index (χ0n) is 8.62. The molecule has 2 heteroatoms. The number of carbonyl (C=O) groups is 1. The molecule has 1 aromatic carbocycles. The standard InChI is InChI=1S/C13H14O2/c14-10-4-1-3-9-5-6-11(15)13(12(9)10)7-2-8-13/h1,3-4,14H,2,5-8H2. The molecule has 0 heterocycles. The van der Waals surface area contributed by atoms with Crippen molar-refractivity contribution in [1.29, 1.82) is 0 Å². The first-order valence-electron chi connectivity index (χ1n) is 5.59. The maximum Gasteiger partial charge on any atom is 0.143 e. The number of hydrogen-bond donors (Lipinski definition) is 1. The number of rotatable bonds is 0. The van der Waals surface area contributed by atoms with Crippen molar-refractivity contribution in [2.24, 2.45) is 0 Å². The number of phenols is 1. The van der Waals surface area contributed by atoms with Crippen molar-refractivity contribution in [3.8, 4) is 5.75 Å². The third kappa shape index (κ3) is 1.02. The first-order valence-corrected chi connectivity index (χ1v) is 5.59. The molecule has 0 atom stereocenters. The van der Waals surface area contributed by atoms with Crippen LogP contribution in [0.5, 0.6) is 5.75 Å². The van der Waals surface area contributed by atoms with Crippen molar-refractivity contribution in [2.75, 3.05) is 0 Å². The van der Waals surface area contributed by atoms with Crippen LogP contribution < -0.4 is 0 Å². The fraction of sp³-hybridized carbons (Fsp3) is 0.462. The topological polar surface area (TPSA) is 37.3 Å². The molecule has 1 N–H and O–H groups in total. The molecule has 0 bridgehead atoms. The van der Waals surface area contributed by atoms with Crippen LogP contribution in [0, 0.1) is 0 Å². The van der Waals surface area contributed by atoms with E-state index >= 15 is 0 Å². The second-order valence-corrected chi connectivity index (χ2v) is 4.67. The van der Waals surface area contributed by atoms with Gasteiger partial charge in [-0.3, -0.25) is 4.79 Å². The average molecular weight is 202 g/mol. The van der Waals surface area contributed by atoms with E-state index in [-0.39, 0.29) is 5.41 Å². The Balaban J connectivity index is 2.23. The lowest BCUT2D eigenvalue weighted by molar-refractivity contribution is -0.128. The van der Waals surface area contributed by atoms with Crippen molar-refractivity contribution < 1.29 is 9.90 Å². The lowest BCUT2D eigenvalue weighted by Gasteiger charge is -2.44. The van der Waals surface area contributed by atoms with Gasteiger partial charge >= 0.3 is 0 Å². The number of aromatic hydroxyl groups is 1. The molecule has 1 fully saturated rings. The second kappa shape index (κ2) is 2.84. The van der Waals surface area contributed by atoms with Gasteiger partial charge in [0.05, 0.1) is 5.41 Å². The van der Waals surface area contributed by atoms with E-state index in [0.717, 1.165) is 31.2 Å². The van der Waals surface area contributed by atoms with Crippen molar-refractivity contribution in [3.05, 3.63) is 29.3 Å². The molecule has 0 amide bonds. The Kier molecular flexibility index (Phi) is 1.70. The summed E-state index contributed by atoms with van der Waals surface area (Å²) in [5.74, 6) is 0.656. The molecule has 0 saturated heterocycles. The molecule has 0 aromatic heterocycles. The number of hydrogen-bond acceptors (Lipinski definition) is 2. The number of Topliss-reactive ketones (excluding diaryl/α,β-unsaturated/α-hetero) is 1. The third-order valence-electron chi connectivity index (χ3n) is 3.97. The maximum atomic E-state index is 12.0. The maximum absolute atomic E-state index is 12.0. The van der Waals surface area contributed by atoms with Crippen LogP contribution in [-0.4, -0.2) is 10.9 Å². The fourth-order valence-corrected chi connectivity index (χ4v) is 3.03. The molecule has 78 valence electrons. The molecule has 1 saturated carbocycles. The predicted octanol–water partition coefficient (Wildman–Crippen LogP) is 2.33. The molecular weight excluding hydrogens is 188 g/mol. The molecule has 2 aliphatic carbocycles. The van der Waals surface area contributed by atoms with Crippen LogP contribution in [0.15, 0.2) is 18.2 Å². The lowest BCUT2D eigenvalue weighted by atomic mass is 9.57. The number of aryl methyl sites for hydroxylation is 1. The van der Waals surface area contributed by atoms with Crippen LogP contribution in [0.4, 0.5) is 0 Å². The minimum atomic E-state index is -0.307. The minimum Gasteiger partial charge on any atom is -0.508 e. The summed E-state index contributed by atoms with van der Waals surface area (Å²) in [4.78, 5) is 12.0. The summed E-state index contributed by atoms with van der Waals surface area (Å²) in [7, 11) is 0. The van der Waals surface area contributed by atoms with E-state index in [0.29, 0.717) is 18.0 Å². The first-order chi connectivity index (χ1) is 7.24. The van der Waals surface area contributed by atoms with Crippen molar-refractivity contribution >= 4 is 5.78 Å². The number of carbonyl (C=O) groups excluding carboxylic acids is 1. The first kappa shape index (κ1) is 8.96. The van der Waals surface area contributed by atoms with E-state index in [4.69, 9.17) is 0 Å². The van der Waals surface area contributed by atoms with Gasteiger partial charge in [0, 0.05) is 12.0 Å². The van der Waals surface area contributed by atoms with Gasteiger partial charge in [0.25, 0.3) is 0 Å². The highest BCUT2D eigenvalue weighted by Gasteiger charge is 2.49. The second-order valence-electron chi connectivity index (χ2n) is 4.67. The molecule has 0 radical (unpaired) electrons. The highest BCUT2D eigenvalue weighted by Crippen LogP contribution is 2.51. The number of benzene rings is 1. The number of fused-ring (bicyclic) bond motifs is 2. The van der Waals surface area contributed by atoms with Crippen molar-refractivity contribution in [1.82, 2.24) is 0 Å². The molecule has 3 rings (SSSR count). The van der Waals surface area contributed by atoms with Gasteiger partial charge in [-0.2, -0.15) is 0 Å². The van der Waals surface area contributed by atoms with Crippen LogP contribution in [0.1, 0.15) is 36.8 Å². The summed E-state index contributed by atoms with van der Waals surface area (Å²) in [6, 6.07) is 5.62. The Hall–Kier alpha value is -1.31. The predicted molar refractivity (Wildman–Crippen MR) is 57.0 cm³/mol. The molecule has 15 heavy (non-hydrogen) atoms. The third-order valence-corrected chi connectivity index (χ3v) is 3.97. The van der Waals surface area contributed by atoms with Gasteiger partial charge in [-0.15, -0.1) is 0 Å². The Morgan fingerprint density at radius 2 is 2.00 bits per heavy atom. The fourth-order valence-electron chi connectivity index (χ4n) is 3.03. The van der Waals surface area contributed by atoms with E-state index in [1.54, 1.807) is 6.07 Å². The molecule has 1 aromatic rings. The smallest absolute Gasteiger partial charge is 0.143 e. The van der Waals surface area contributed by atoms with Gasteiger partial charge in [-0.1, -0.05) is 18.6 Å². The van der Waals surface area contributed by atoms with E-state index in [9.17, 15) is 9.90 Å². The molecule has 0 unspecified atom stereocenters. The van der Waals surface area contributed by atoms with Crippen LogP contribution in [-0.2, 0) is 16.6 Å². The normalized spacial score (nSPS) is 22.3. The largest absolute Gasteiger partial charge is 0.508 e. The molecule has 1 spiro atoms. The highest BCUT2D eigenvalue weighted by molar-refractivity contribution is 5.94. The van der Waals surface area contributed by atoms with Crippen LogP contribution in [0.3, 0.4) is 0 Å². The van der Waals surface area contributed by atoms with Crippen LogP contribution in [0.2, 0.25) is 0 Å². The molecule has 2 nitrogen and oxygen atoms in total. The van der Waals surface area contributed by atoms with Gasteiger partial charge in [0.15, 0.2) is 0 Å². The Morgan fingerprint density at radius 3 is 2.67 bits per heavy atom. The van der Waals surface area contributed by atoms with Gasteiger partial charge < -0.3 is 5.11 Å². The summed E-state index contributed by atoms with van der Waals surface area (Å²) in [5, 5.41) is 9.92. The monoisotopic (exact) mass is 202 g/mol. The number of ketones is 1. The summed E-state index contributed by atoms with van der Waals surface area (Å²) in [6.45, 7) is 0. The zero-order chi connectivity index (χ0) is 10.5. The summed E-state index contributed by atoms with van der Waals surface area (Å²) >= 11 is 0. The van der Waals surface area contributed by atoms with Gasteiger partial charge in [0.1, 0.15) is 11.5 Å². The summed E-state index contributed by atoms with van der Waals surface area (Å²) in [5.41, 5.74) is 1.81. The quantitative estimate of drug-likeness (QED) is 0.701. The van der Waals surface area contributed by atoms with E-state index in [1.807, 2.05) is 12.1 Å². The van der Waals surface area contributed by atoms with Gasteiger partial charge in [0.2, 0.25) is 0 Å². The van der Waals surface area contributed by atoms with E-state index in [2.05, 4.69) is 0 Å². The number of phenolic OH excluding ortho intramolecular Hbond substituents is 1. The average Bonchev–Trinajstić information content (AvgIpc) is 2.16. The van der Waals surface area contributed by atoms with Crippen LogP contribution >= 0.6 is 0 Å². The summed E-state index contributed by atoms with van der Waals surface area (Å²) in [6.07, 6.45) is 4.41. The zero-order valence-corrected chi connectivity index (χ0v) is 8.62. The summed E-state index contributed by atoms with van der Waals surface area (Å²) < 4.78 is 0. The highest BCUT2D eigenvalue weighted by atomic mass is 16.3. The molecular formula is C13H14O2. The lowest BCUT2D eigenvalue weighted by Crippen LogP contribution is -2.45. The van der Waals surface area contributed by atoms with Gasteiger partial charge in [-0.25, -0.2) is 0 Å². The van der Waals surface area contributed by atoms with Crippen molar-refractivity contribution in [2.45, 2.75) is 37.5 Å². The Morgan fingerprint density at radius 1 is 1.20 bits per heavy atom. The van der Waals surface area contributed by atoms with Crippen molar-refractivity contribution in [3.63, 3.8) is 0 Å². The molecule has 0 aliphatic heterocycles. The van der Waals surface area contributed by atoms with Gasteiger partial charge in [-0.05, 0) is 30.9 Å². The minimum absolute atomic E-state index is 0.307.